The lowest BCUT2D eigenvalue weighted by atomic mass is 10.00. The Morgan fingerprint density at radius 1 is 1.05 bits per heavy atom. The van der Waals surface area contributed by atoms with Gasteiger partial charge in [0.1, 0.15) is 6.54 Å². The Balaban J connectivity index is 1.39. The molecule has 5 rings (SSSR count). The Kier molecular flexibility index (Phi) is 6.98. The van der Waals surface area contributed by atoms with Crippen molar-refractivity contribution < 1.29 is 27.5 Å². The maximum Gasteiger partial charge on any atom is 0.416 e. The molecule has 0 atom stereocenters. The molecule has 2 heterocycles. The molecule has 2 amide bonds. The first kappa shape index (κ1) is 26.2. The molecule has 8 nitrogen and oxygen atoms in total. The van der Waals surface area contributed by atoms with Crippen molar-refractivity contribution in [1.82, 2.24) is 14.8 Å². The minimum atomic E-state index is -4.50. The highest BCUT2D eigenvalue weighted by Gasteiger charge is 2.30. The average molecular weight is 538 g/mol. The quantitative estimate of drug-likeness (QED) is 0.262. The Morgan fingerprint density at radius 2 is 1.77 bits per heavy atom. The van der Waals surface area contributed by atoms with E-state index in [1.165, 1.54) is 12.1 Å². The third-order valence-corrected chi connectivity index (χ3v) is 6.38. The van der Waals surface area contributed by atoms with E-state index in [-0.39, 0.29) is 24.8 Å². The number of urea groups is 1. The fraction of sp³-hybridized carbons (Fsp3) is 0.286. The topological polar surface area (TPSA) is 98.1 Å². The zero-order valence-corrected chi connectivity index (χ0v) is 21.3. The number of ether oxygens (including phenoxy) is 1. The van der Waals surface area contributed by atoms with E-state index >= 15 is 0 Å². The molecule has 0 bridgehead atoms. The number of hydrogen-bond donors (Lipinski definition) is 2. The molecular formula is C28H26F3N5O3. The molecule has 0 spiro atoms. The van der Waals surface area contributed by atoms with E-state index in [0.29, 0.717) is 17.3 Å². The van der Waals surface area contributed by atoms with Crippen LogP contribution in [0.3, 0.4) is 0 Å². The van der Waals surface area contributed by atoms with Gasteiger partial charge in [0.25, 0.3) is 0 Å². The highest BCUT2D eigenvalue weighted by molar-refractivity contribution is 6.00. The molecule has 0 radical (unpaired) electrons. The number of fused-ring (bicyclic) bond motifs is 1. The molecule has 1 saturated carbocycles. The molecule has 4 aromatic rings. The summed E-state index contributed by atoms with van der Waals surface area (Å²) in [5, 5.41) is 10.4. The maximum atomic E-state index is 13.0. The second-order valence-corrected chi connectivity index (χ2v) is 9.35. The van der Waals surface area contributed by atoms with E-state index in [2.05, 4.69) is 15.7 Å². The second-order valence-electron chi connectivity index (χ2n) is 9.35. The highest BCUT2D eigenvalue weighted by Crippen LogP contribution is 2.42. The molecule has 0 unspecified atom stereocenters. The first-order chi connectivity index (χ1) is 18.6. The first-order valence-electron chi connectivity index (χ1n) is 12.5. The number of carbonyl (C=O) groups excluding carboxylic acids is 2. The summed E-state index contributed by atoms with van der Waals surface area (Å²) in [4.78, 5) is 29.4. The number of anilines is 2. The Morgan fingerprint density at radius 3 is 2.44 bits per heavy atom. The summed E-state index contributed by atoms with van der Waals surface area (Å²) in [5.41, 5.74) is 3.70. The number of aromatic nitrogens is 3. The number of nitrogens with zero attached hydrogens (tertiary/aromatic N) is 3. The molecule has 2 aromatic carbocycles. The van der Waals surface area contributed by atoms with Crippen LogP contribution < -0.4 is 10.6 Å². The Labute approximate surface area is 222 Å². The fourth-order valence-electron chi connectivity index (χ4n) is 4.43. The number of esters is 1. The number of pyridine rings is 1. The molecule has 39 heavy (non-hydrogen) atoms. The monoisotopic (exact) mass is 537 g/mol. The van der Waals surface area contributed by atoms with Gasteiger partial charge in [0.2, 0.25) is 0 Å². The van der Waals surface area contributed by atoms with Crippen LogP contribution in [0.1, 0.15) is 42.6 Å². The lowest BCUT2D eigenvalue weighted by molar-refractivity contribution is -0.144. The van der Waals surface area contributed by atoms with Crippen LogP contribution in [0.4, 0.5) is 29.3 Å². The van der Waals surface area contributed by atoms with Gasteiger partial charge in [-0.2, -0.15) is 18.3 Å². The van der Waals surface area contributed by atoms with E-state index in [9.17, 15) is 22.8 Å². The Hall–Kier alpha value is -4.41. The molecule has 0 aliphatic heterocycles. The normalized spacial score (nSPS) is 13.4. The second kappa shape index (κ2) is 10.4. The van der Waals surface area contributed by atoms with E-state index in [1.807, 2.05) is 25.1 Å². The van der Waals surface area contributed by atoms with Crippen molar-refractivity contribution in [2.24, 2.45) is 0 Å². The van der Waals surface area contributed by atoms with Crippen molar-refractivity contribution in [3.8, 4) is 11.1 Å². The van der Waals surface area contributed by atoms with Gasteiger partial charge in [-0.25, -0.2) is 14.5 Å². The van der Waals surface area contributed by atoms with E-state index in [1.54, 1.807) is 23.7 Å². The molecule has 1 fully saturated rings. The minimum absolute atomic E-state index is 0.0287. The van der Waals surface area contributed by atoms with Gasteiger partial charge in [-0.05, 0) is 74.2 Å². The number of benzene rings is 2. The van der Waals surface area contributed by atoms with Gasteiger partial charge in [-0.15, -0.1) is 0 Å². The van der Waals surface area contributed by atoms with E-state index in [4.69, 9.17) is 9.72 Å². The minimum Gasteiger partial charge on any atom is -0.465 e. The van der Waals surface area contributed by atoms with Crippen molar-refractivity contribution in [2.45, 2.75) is 45.3 Å². The number of nitrogens with one attached hydrogen (secondary N) is 2. The summed E-state index contributed by atoms with van der Waals surface area (Å²) < 4.78 is 45.5. The van der Waals surface area contributed by atoms with Gasteiger partial charge in [0.15, 0.2) is 5.65 Å². The number of carbonyl (C=O) groups is 2. The molecule has 1 aliphatic rings. The molecule has 0 saturated heterocycles. The maximum absolute atomic E-state index is 13.0. The Bertz CT molecular complexity index is 1540. The SMILES string of the molecule is CCOC(=O)Cn1nc(C)c2c(-c3ccc(NC(=O)Nc4cccc(C(F)(F)F)c4)cc3)cc(C3CC3)nc21. The predicted octanol–water partition coefficient (Wildman–Crippen LogP) is 6.51. The zero-order valence-electron chi connectivity index (χ0n) is 21.3. The number of rotatable bonds is 7. The molecule has 1 aliphatic carbocycles. The summed E-state index contributed by atoms with van der Waals surface area (Å²) in [6, 6.07) is 12.9. The van der Waals surface area contributed by atoms with Crippen molar-refractivity contribution in [2.75, 3.05) is 17.2 Å². The predicted molar refractivity (Wildman–Crippen MR) is 140 cm³/mol. The number of aryl methyl sites for hydroxylation is 1. The standard InChI is InChI=1S/C28H26F3N5O3/c1-3-39-24(37)15-36-26-25(16(2)35-36)22(14-23(34-26)18-7-8-18)17-9-11-20(12-10-17)32-27(38)33-21-6-4-5-19(13-21)28(29,30)31/h4-6,9-14,18H,3,7-8,15H2,1-2H3,(H2,32,33,38). The summed E-state index contributed by atoms with van der Waals surface area (Å²) in [5.74, 6) is -0.0270. The average Bonchev–Trinajstić information content (AvgIpc) is 3.69. The van der Waals surface area contributed by atoms with Crippen LogP contribution in [0.15, 0.2) is 54.6 Å². The van der Waals surface area contributed by atoms with Gasteiger partial charge in [0, 0.05) is 28.4 Å². The van der Waals surface area contributed by atoms with Crippen molar-refractivity contribution in [1.29, 1.82) is 0 Å². The van der Waals surface area contributed by atoms with E-state index in [0.717, 1.165) is 52.9 Å². The van der Waals surface area contributed by atoms with Gasteiger partial charge >= 0.3 is 18.2 Å². The lowest BCUT2D eigenvalue weighted by Crippen LogP contribution is -2.19. The smallest absolute Gasteiger partial charge is 0.416 e. The molecule has 2 aromatic heterocycles. The summed E-state index contributed by atoms with van der Waals surface area (Å²) in [7, 11) is 0. The number of hydrogen-bond acceptors (Lipinski definition) is 5. The first-order valence-corrected chi connectivity index (χ1v) is 12.5. The van der Waals surface area contributed by atoms with Crippen LogP contribution >= 0.6 is 0 Å². The van der Waals surface area contributed by atoms with Crippen LogP contribution in [0.5, 0.6) is 0 Å². The number of alkyl halides is 3. The van der Waals surface area contributed by atoms with Crippen LogP contribution in [0.2, 0.25) is 0 Å². The van der Waals surface area contributed by atoms with Crippen molar-refractivity contribution in [3.05, 3.63) is 71.5 Å². The molecule has 2 N–H and O–H groups in total. The van der Waals surface area contributed by atoms with Crippen LogP contribution in [-0.2, 0) is 22.3 Å². The summed E-state index contributed by atoms with van der Waals surface area (Å²) >= 11 is 0. The van der Waals surface area contributed by atoms with Gasteiger partial charge < -0.3 is 15.4 Å². The van der Waals surface area contributed by atoms with Gasteiger partial charge in [0.05, 0.1) is 17.9 Å². The summed E-state index contributed by atoms with van der Waals surface area (Å²) in [6.07, 6.45) is -2.41. The van der Waals surface area contributed by atoms with Crippen molar-refractivity contribution >= 4 is 34.4 Å². The summed E-state index contributed by atoms with van der Waals surface area (Å²) in [6.45, 7) is 3.85. The number of amides is 2. The molecule has 202 valence electrons. The van der Waals surface area contributed by atoms with Gasteiger partial charge in [-0.1, -0.05) is 18.2 Å². The van der Waals surface area contributed by atoms with Crippen molar-refractivity contribution in [3.63, 3.8) is 0 Å². The third kappa shape index (κ3) is 5.87. The third-order valence-electron chi connectivity index (χ3n) is 6.38. The van der Waals surface area contributed by atoms with Crippen LogP contribution in [0.25, 0.3) is 22.2 Å². The zero-order chi connectivity index (χ0) is 27.7. The highest BCUT2D eigenvalue weighted by atomic mass is 19.4. The largest absolute Gasteiger partial charge is 0.465 e. The molecule has 11 heteroatoms. The molecular weight excluding hydrogens is 511 g/mol. The van der Waals surface area contributed by atoms with E-state index < -0.39 is 17.8 Å². The number of halogens is 3. The van der Waals surface area contributed by atoms with Crippen LogP contribution in [-0.4, -0.2) is 33.4 Å². The lowest BCUT2D eigenvalue weighted by Gasteiger charge is -2.12. The van der Waals surface area contributed by atoms with Crippen LogP contribution in [0, 0.1) is 6.92 Å². The van der Waals surface area contributed by atoms with Gasteiger partial charge in [-0.3, -0.25) is 4.79 Å². The fourth-order valence-corrected chi connectivity index (χ4v) is 4.43.